The van der Waals surface area contributed by atoms with Gasteiger partial charge in [0.25, 0.3) is 0 Å². The van der Waals surface area contributed by atoms with Crippen LogP contribution < -0.4 is 5.73 Å². The van der Waals surface area contributed by atoms with Gasteiger partial charge in [-0.1, -0.05) is 20.8 Å². The summed E-state index contributed by atoms with van der Waals surface area (Å²) in [5.41, 5.74) is 5.05. The average Bonchev–Trinajstić information content (AvgIpc) is 2.29. The van der Waals surface area contributed by atoms with Gasteiger partial charge in [0.15, 0.2) is 0 Å². The lowest BCUT2D eigenvalue weighted by molar-refractivity contribution is 0.216. The van der Waals surface area contributed by atoms with Gasteiger partial charge >= 0.3 is 0 Å². The molecule has 0 aliphatic heterocycles. The third-order valence-corrected chi connectivity index (χ3v) is 5.37. The summed E-state index contributed by atoms with van der Waals surface area (Å²) in [6, 6.07) is 3.24. The molecule has 19 heavy (non-hydrogen) atoms. The van der Waals surface area contributed by atoms with E-state index in [1.54, 1.807) is 0 Å². The second-order valence-electron chi connectivity index (χ2n) is 5.75. The predicted octanol–water partition coefficient (Wildman–Crippen LogP) is 2.46. The van der Waals surface area contributed by atoms with Crippen LogP contribution in [0.5, 0.6) is 0 Å². The van der Waals surface area contributed by atoms with Crippen molar-refractivity contribution in [3.63, 3.8) is 0 Å². The number of hydrogen-bond donors (Lipinski definition) is 1. The monoisotopic (exact) mass is 288 g/mol. The van der Waals surface area contributed by atoms with Crippen molar-refractivity contribution in [2.75, 3.05) is 12.8 Å². The van der Waals surface area contributed by atoms with Crippen LogP contribution in [0.15, 0.2) is 23.1 Å². The zero-order valence-corrected chi connectivity index (χ0v) is 12.8. The second kappa shape index (κ2) is 5.09. The lowest BCUT2D eigenvalue weighted by atomic mass is 9.88. The van der Waals surface area contributed by atoms with E-state index in [0.717, 1.165) is 12.1 Å². The summed E-state index contributed by atoms with van der Waals surface area (Å²) >= 11 is 0. The van der Waals surface area contributed by atoms with Gasteiger partial charge in [-0.3, -0.25) is 0 Å². The van der Waals surface area contributed by atoms with Crippen LogP contribution in [0, 0.1) is 11.2 Å². The van der Waals surface area contributed by atoms with Gasteiger partial charge in [-0.2, -0.15) is 4.31 Å². The summed E-state index contributed by atoms with van der Waals surface area (Å²) in [5.74, 6) is -0.620. The number of halogens is 1. The Kier molecular flexibility index (Phi) is 4.27. The third-order valence-electron chi connectivity index (χ3n) is 3.44. The van der Waals surface area contributed by atoms with Gasteiger partial charge in [-0.25, -0.2) is 12.8 Å². The van der Waals surface area contributed by atoms with E-state index < -0.39 is 15.8 Å². The van der Waals surface area contributed by atoms with Crippen molar-refractivity contribution in [3.05, 3.63) is 24.0 Å². The Morgan fingerprint density at radius 1 is 1.32 bits per heavy atom. The molecule has 1 aromatic rings. The SMILES string of the molecule is CC(N(C)S(=O)(=O)c1ccc(F)c(N)c1)C(C)(C)C. The first-order valence-electron chi connectivity index (χ1n) is 6.01. The molecule has 0 radical (unpaired) electrons. The molecule has 1 unspecified atom stereocenters. The number of benzene rings is 1. The van der Waals surface area contributed by atoms with Crippen LogP contribution in [0.25, 0.3) is 0 Å². The minimum Gasteiger partial charge on any atom is -0.396 e. The lowest BCUT2D eigenvalue weighted by Crippen LogP contribution is -2.42. The summed E-state index contributed by atoms with van der Waals surface area (Å²) in [6.45, 7) is 7.72. The van der Waals surface area contributed by atoms with Crippen LogP contribution in [0.2, 0.25) is 0 Å². The van der Waals surface area contributed by atoms with Crippen molar-refractivity contribution in [1.29, 1.82) is 0 Å². The van der Waals surface area contributed by atoms with Gasteiger partial charge < -0.3 is 5.73 Å². The minimum atomic E-state index is -3.67. The molecule has 0 bridgehead atoms. The molecule has 1 atom stereocenters. The molecule has 108 valence electrons. The number of nitrogens with two attached hydrogens (primary N) is 1. The normalized spacial score (nSPS) is 14.7. The Hall–Kier alpha value is -1.14. The molecule has 0 amide bonds. The quantitative estimate of drug-likeness (QED) is 0.869. The fourth-order valence-electron chi connectivity index (χ4n) is 1.60. The summed E-state index contributed by atoms with van der Waals surface area (Å²) in [5, 5.41) is 0. The van der Waals surface area contributed by atoms with E-state index in [-0.39, 0.29) is 22.0 Å². The number of anilines is 1. The molecular weight excluding hydrogens is 267 g/mol. The molecule has 4 nitrogen and oxygen atoms in total. The van der Waals surface area contributed by atoms with Gasteiger partial charge in [0, 0.05) is 13.1 Å². The molecule has 1 rings (SSSR count). The number of rotatable bonds is 3. The summed E-state index contributed by atoms with van der Waals surface area (Å²) < 4.78 is 39.3. The van der Waals surface area contributed by atoms with E-state index in [0.29, 0.717) is 0 Å². The molecule has 0 saturated heterocycles. The van der Waals surface area contributed by atoms with Crippen molar-refractivity contribution < 1.29 is 12.8 Å². The topological polar surface area (TPSA) is 63.4 Å². The van der Waals surface area contributed by atoms with E-state index >= 15 is 0 Å². The molecule has 0 aliphatic rings. The highest BCUT2D eigenvalue weighted by atomic mass is 32.2. The molecule has 6 heteroatoms. The third kappa shape index (κ3) is 3.25. The maximum absolute atomic E-state index is 13.1. The van der Waals surface area contributed by atoms with Crippen molar-refractivity contribution in [1.82, 2.24) is 4.31 Å². The summed E-state index contributed by atoms with van der Waals surface area (Å²) in [4.78, 5) is 0.00463. The molecule has 0 saturated carbocycles. The first kappa shape index (κ1) is 15.9. The highest BCUT2D eigenvalue weighted by Crippen LogP contribution is 2.28. The van der Waals surface area contributed by atoms with E-state index in [1.807, 2.05) is 27.7 Å². The van der Waals surface area contributed by atoms with Crippen LogP contribution in [0.3, 0.4) is 0 Å². The lowest BCUT2D eigenvalue weighted by Gasteiger charge is -2.34. The Morgan fingerprint density at radius 2 is 1.84 bits per heavy atom. The van der Waals surface area contributed by atoms with Crippen LogP contribution >= 0.6 is 0 Å². The minimum absolute atomic E-state index is 0.00463. The number of hydrogen-bond acceptors (Lipinski definition) is 3. The van der Waals surface area contributed by atoms with Crippen LogP contribution in [-0.2, 0) is 10.0 Å². The van der Waals surface area contributed by atoms with Gasteiger partial charge in [0.2, 0.25) is 10.0 Å². The molecule has 2 N–H and O–H groups in total. The van der Waals surface area contributed by atoms with Gasteiger partial charge in [0.1, 0.15) is 5.82 Å². The molecule has 0 fully saturated rings. The number of sulfonamides is 1. The zero-order valence-electron chi connectivity index (χ0n) is 11.9. The van der Waals surface area contributed by atoms with Gasteiger partial charge in [-0.05, 0) is 30.5 Å². The highest BCUT2D eigenvalue weighted by molar-refractivity contribution is 7.89. The Morgan fingerprint density at radius 3 is 2.26 bits per heavy atom. The van der Waals surface area contributed by atoms with Crippen molar-refractivity contribution in [2.24, 2.45) is 5.41 Å². The van der Waals surface area contributed by atoms with Crippen molar-refractivity contribution in [3.8, 4) is 0 Å². The molecule has 0 aromatic heterocycles. The molecule has 0 heterocycles. The van der Waals surface area contributed by atoms with Crippen LogP contribution in [0.1, 0.15) is 27.7 Å². The highest BCUT2D eigenvalue weighted by Gasteiger charge is 2.32. The Balaban J connectivity index is 3.20. The largest absolute Gasteiger partial charge is 0.396 e. The molecule has 0 spiro atoms. The molecule has 1 aromatic carbocycles. The van der Waals surface area contributed by atoms with E-state index in [1.165, 1.54) is 17.4 Å². The second-order valence-corrected chi connectivity index (χ2v) is 7.74. The average molecular weight is 288 g/mol. The molecule has 0 aliphatic carbocycles. The van der Waals surface area contributed by atoms with E-state index in [4.69, 9.17) is 5.73 Å². The first-order chi connectivity index (χ1) is 8.48. The zero-order chi connectivity index (χ0) is 15.0. The Bertz CT molecular complexity index is 564. The van der Waals surface area contributed by atoms with Crippen molar-refractivity contribution >= 4 is 15.7 Å². The number of nitrogens with zero attached hydrogens (tertiary/aromatic N) is 1. The van der Waals surface area contributed by atoms with Crippen LogP contribution in [0.4, 0.5) is 10.1 Å². The fourth-order valence-corrected chi connectivity index (χ4v) is 3.18. The first-order valence-corrected chi connectivity index (χ1v) is 7.45. The fraction of sp³-hybridized carbons (Fsp3) is 0.538. The predicted molar refractivity (Wildman–Crippen MR) is 74.7 cm³/mol. The van der Waals surface area contributed by atoms with Crippen LogP contribution in [-0.4, -0.2) is 25.8 Å². The smallest absolute Gasteiger partial charge is 0.243 e. The van der Waals surface area contributed by atoms with E-state index in [2.05, 4.69) is 0 Å². The van der Waals surface area contributed by atoms with E-state index in [9.17, 15) is 12.8 Å². The maximum Gasteiger partial charge on any atom is 0.243 e. The summed E-state index contributed by atoms with van der Waals surface area (Å²) in [6.07, 6.45) is 0. The summed E-state index contributed by atoms with van der Waals surface area (Å²) in [7, 11) is -2.16. The standard InChI is InChI=1S/C13H21FN2O2S/c1-9(13(2,3)4)16(5)19(17,18)10-6-7-11(14)12(15)8-10/h6-9H,15H2,1-5H3. The Labute approximate surface area is 114 Å². The number of nitrogen functional groups attached to an aromatic ring is 1. The van der Waals surface area contributed by atoms with Gasteiger partial charge in [-0.15, -0.1) is 0 Å². The van der Waals surface area contributed by atoms with Crippen molar-refractivity contribution in [2.45, 2.75) is 38.6 Å². The molecular formula is C13H21FN2O2S. The van der Waals surface area contributed by atoms with Gasteiger partial charge in [0.05, 0.1) is 10.6 Å². The maximum atomic E-state index is 13.1.